The van der Waals surface area contributed by atoms with Gasteiger partial charge in [0.25, 0.3) is 0 Å². The third kappa shape index (κ3) is 2.25. The molecule has 84 valence electrons. The standard InChI is InChI=1S/C10H15ClN2O2/c11-6-8(14)13-9(15)12-7-4-10(5-7)2-1-3-10/h7H,1-6H2,(H2,12,13,14,15). The van der Waals surface area contributed by atoms with E-state index in [1.807, 2.05) is 0 Å². The van der Waals surface area contributed by atoms with E-state index in [-0.39, 0.29) is 11.9 Å². The van der Waals surface area contributed by atoms with Gasteiger partial charge in [-0.1, -0.05) is 6.42 Å². The number of amides is 3. The Morgan fingerprint density at radius 3 is 2.47 bits per heavy atom. The lowest BCUT2D eigenvalue weighted by molar-refractivity contribution is -0.117. The molecule has 1 spiro atoms. The van der Waals surface area contributed by atoms with Crippen molar-refractivity contribution in [1.29, 1.82) is 0 Å². The SMILES string of the molecule is O=C(CCl)NC(=O)NC1CC2(CCC2)C1. The summed E-state index contributed by atoms with van der Waals surface area (Å²) in [5, 5.41) is 4.95. The summed E-state index contributed by atoms with van der Waals surface area (Å²) in [7, 11) is 0. The molecule has 2 aliphatic rings. The number of nitrogens with one attached hydrogen (secondary N) is 2. The number of carbonyl (C=O) groups excluding carboxylic acids is 2. The Hall–Kier alpha value is -0.770. The molecule has 2 aliphatic carbocycles. The first-order valence-corrected chi connectivity index (χ1v) is 5.83. The number of halogens is 1. The normalized spacial score (nSPS) is 22.7. The summed E-state index contributed by atoms with van der Waals surface area (Å²) in [5.74, 6) is -0.631. The van der Waals surface area contributed by atoms with E-state index >= 15 is 0 Å². The van der Waals surface area contributed by atoms with Crippen molar-refractivity contribution in [3.05, 3.63) is 0 Å². The zero-order chi connectivity index (χ0) is 10.9. The van der Waals surface area contributed by atoms with E-state index in [9.17, 15) is 9.59 Å². The number of rotatable bonds is 2. The molecule has 5 heteroatoms. The van der Waals surface area contributed by atoms with E-state index in [1.54, 1.807) is 0 Å². The van der Waals surface area contributed by atoms with Crippen LogP contribution in [-0.2, 0) is 4.79 Å². The zero-order valence-electron chi connectivity index (χ0n) is 8.51. The number of urea groups is 1. The molecule has 0 bridgehead atoms. The molecule has 0 radical (unpaired) electrons. The average molecular weight is 231 g/mol. The Morgan fingerprint density at radius 2 is 2.00 bits per heavy atom. The van der Waals surface area contributed by atoms with E-state index in [0.717, 1.165) is 12.8 Å². The van der Waals surface area contributed by atoms with E-state index in [2.05, 4.69) is 10.6 Å². The highest BCUT2D eigenvalue weighted by Crippen LogP contribution is 2.55. The van der Waals surface area contributed by atoms with E-state index in [4.69, 9.17) is 11.6 Å². The van der Waals surface area contributed by atoms with Crippen molar-refractivity contribution in [2.45, 2.75) is 38.1 Å². The Labute approximate surface area is 93.7 Å². The molecular formula is C10H15ClN2O2. The van der Waals surface area contributed by atoms with Crippen LogP contribution in [0.1, 0.15) is 32.1 Å². The van der Waals surface area contributed by atoms with Crippen LogP contribution in [0.15, 0.2) is 0 Å². The van der Waals surface area contributed by atoms with Crippen molar-refractivity contribution in [3.63, 3.8) is 0 Å². The second-order valence-electron chi connectivity index (χ2n) is 4.61. The summed E-state index contributed by atoms with van der Waals surface area (Å²) >= 11 is 5.27. The predicted molar refractivity (Wildman–Crippen MR) is 56.7 cm³/mol. The van der Waals surface area contributed by atoms with Crippen LogP contribution in [0, 0.1) is 5.41 Å². The quantitative estimate of drug-likeness (QED) is 0.705. The number of hydrogen-bond acceptors (Lipinski definition) is 2. The number of carbonyl (C=O) groups is 2. The van der Waals surface area contributed by atoms with Gasteiger partial charge in [0.1, 0.15) is 5.88 Å². The number of imide groups is 1. The fourth-order valence-electron chi connectivity index (χ4n) is 2.55. The van der Waals surface area contributed by atoms with Crippen molar-refractivity contribution in [2.24, 2.45) is 5.41 Å². The Morgan fingerprint density at radius 1 is 1.33 bits per heavy atom. The maximum Gasteiger partial charge on any atom is 0.321 e. The largest absolute Gasteiger partial charge is 0.335 e. The molecule has 0 heterocycles. The molecule has 3 amide bonds. The minimum Gasteiger partial charge on any atom is -0.335 e. The maximum atomic E-state index is 11.2. The first-order valence-electron chi connectivity index (χ1n) is 5.30. The molecule has 2 saturated carbocycles. The van der Waals surface area contributed by atoms with Crippen molar-refractivity contribution in [2.75, 3.05) is 5.88 Å². The van der Waals surface area contributed by atoms with E-state index in [1.165, 1.54) is 19.3 Å². The van der Waals surface area contributed by atoms with E-state index < -0.39 is 11.9 Å². The van der Waals surface area contributed by atoms with Gasteiger partial charge >= 0.3 is 6.03 Å². The molecule has 2 fully saturated rings. The Kier molecular flexibility index (Phi) is 2.87. The van der Waals surface area contributed by atoms with Gasteiger partial charge in [0.05, 0.1) is 0 Å². The highest BCUT2D eigenvalue weighted by molar-refractivity contribution is 6.28. The van der Waals surface area contributed by atoms with E-state index in [0.29, 0.717) is 5.41 Å². The third-order valence-electron chi connectivity index (χ3n) is 3.48. The third-order valence-corrected chi connectivity index (χ3v) is 3.73. The second-order valence-corrected chi connectivity index (χ2v) is 4.88. The monoisotopic (exact) mass is 230 g/mol. The molecule has 0 aromatic heterocycles. The van der Waals surface area contributed by atoms with Gasteiger partial charge in [-0.05, 0) is 31.1 Å². The summed E-state index contributed by atoms with van der Waals surface area (Å²) in [4.78, 5) is 22.0. The molecule has 0 atom stereocenters. The first-order chi connectivity index (χ1) is 7.13. The van der Waals surface area contributed by atoms with Crippen LogP contribution in [0.3, 0.4) is 0 Å². The molecule has 4 nitrogen and oxygen atoms in total. The highest BCUT2D eigenvalue weighted by Gasteiger charge is 2.48. The van der Waals surface area contributed by atoms with Crippen LogP contribution < -0.4 is 10.6 Å². The fourth-order valence-corrected chi connectivity index (χ4v) is 2.62. The van der Waals surface area contributed by atoms with Gasteiger partial charge in [0.2, 0.25) is 5.91 Å². The fraction of sp³-hybridized carbons (Fsp3) is 0.800. The van der Waals surface area contributed by atoms with Gasteiger partial charge in [-0.2, -0.15) is 0 Å². The highest BCUT2D eigenvalue weighted by atomic mass is 35.5. The predicted octanol–water partition coefficient (Wildman–Crippen LogP) is 1.38. The number of alkyl halides is 1. The van der Waals surface area contributed by atoms with Crippen molar-refractivity contribution in [3.8, 4) is 0 Å². The molecule has 2 rings (SSSR count). The lowest BCUT2D eigenvalue weighted by atomic mass is 9.54. The van der Waals surface area contributed by atoms with Crippen LogP contribution >= 0.6 is 11.6 Å². The topological polar surface area (TPSA) is 58.2 Å². The van der Waals surface area contributed by atoms with Crippen LogP contribution in [0.2, 0.25) is 0 Å². The summed E-state index contributed by atoms with van der Waals surface area (Å²) < 4.78 is 0. The van der Waals surface area contributed by atoms with Gasteiger partial charge < -0.3 is 5.32 Å². The van der Waals surface area contributed by atoms with Crippen molar-refractivity contribution < 1.29 is 9.59 Å². The molecule has 0 aliphatic heterocycles. The minimum absolute atomic E-state index is 0.179. The van der Waals surface area contributed by atoms with Crippen LogP contribution in [-0.4, -0.2) is 23.9 Å². The van der Waals surface area contributed by atoms with Gasteiger partial charge in [0.15, 0.2) is 0 Å². The second kappa shape index (κ2) is 4.00. The molecule has 0 aromatic carbocycles. The van der Waals surface area contributed by atoms with Crippen LogP contribution in [0.5, 0.6) is 0 Å². The lowest BCUT2D eigenvalue weighted by Gasteiger charge is -2.54. The Bertz CT molecular complexity index is 281. The summed E-state index contributed by atoms with van der Waals surface area (Å²) in [5.41, 5.74) is 0.536. The Balaban J connectivity index is 1.66. The summed E-state index contributed by atoms with van der Waals surface area (Å²) in [6.07, 6.45) is 6.05. The van der Waals surface area contributed by atoms with Crippen molar-refractivity contribution in [1.82, 2.24) is 10.6 Å². The first kappa shape index (κ1) is 10.7. The molecule has 2 N–H and O–H groups in total. The van der Waals surface area contributed by atoms with Gasteiger partial charge in [0, 0.05) is 6.04 Å². The molecule has 0 unspecified atom stereocenters. The lowest BCUT2D eigenvalue weighted by Crippen LogP contribution is -2.56. The maximum absolute atomic E-state index is 11.2. The van der Waals surface area contributed by atoms with Gasteiger partial charge in [-0.25, -0.2) is 4.79 Å². The van der Waals surface area contributed by atoms with Gasteiger partial charge in [-0.15, -0.1) is 11.6 Å². The minimum atomic E-state index is -0.452. The molecule has 0 saturated heterocycles. The van der Waals surface area contributed by atoms with Crippen LogP contribution in [0.25, 0.3) is 0 Å². The summed E-state index contributed by atoms with van der Waals surface area (Å²) in [6.45, 7) is 0. The van der Waals surface area contributed by atoms with Crippen molar-refractivity contribution >= 4 is 23.5 Å². The summed E-state index contributed by atoms with van der Waals surface area (Å²) in [6, 6.07) is -0.173. The molecule has 15 heavy (non-hydrogen) atoms. The molecular weight excluding hydrogens is 216 g/mol. The smallest absolute Gasteiger partial charge is 0.321 e. The number of hydrogen-bond donors (Lipinski definition) is 2. The van der Waals surface area contributed by atoms with Gasteiger partial charge in [-0.3, -0.25) is 10.1 Å². The average Bonchev–Trinajstić information content (AvgIpc) is 2.07. The molecule has 0 aromatic rings. The zero-order valence-corrected chi connectivity index (χ0v) is 9.27. The van der Waals surface area contributed by atoms with Crippen LogP contribution in [0.4, 0.5) is 4.79 Å².